The third kappa shape index (κ3) is 5.50. The number of carbonyl (C=O) groups is 1. The smallest absolute Gasteiger partial charge is 0.410 e. The lowest BCUT2D eigenvalue weighted by atomic mass is 9.78. The molecule has 3 aliphatic carbocycles. The number of aromatic nitrogens is 4. The average Bonchev–Trinajstić information content (AvgIpc) is 3.26. The minimum Gasteiger partial charge on any atom is -0.465 e. The standard InChI is InChI=1S/C30H46N8O2/c1-18-12-14-20(15-13-18)17-38-24-26(32-19(2)21-8-5-9-21)34-28(25(31)33-30(39)40)35-27(24)36-29(38)37-16-6-10-22-7-3-4-11-23(22)37/h18-23H,3-17H2,1-2H3,(H2,31,33)(H,39,40)(H,32,34,35)/t18-,19-,20-,22-,23+/m1/s1. The van der Waals surface area contributed by atoms with Crippen LogP contribution in [0.3, 0.4) is 0 Å². The predicted octanol–water partition coefficient (Wildman–Crippen LogP) is 6.01. The van der Waals surface area contributed by atoms with Gasteiger partial charge in [0.25, 0.3) is 0 Å². The summed E-state index contributed by atoms with van der Waals surface area (Å²) in [7, 11) is 0. The third-order valence-electron chi connectivity index (χ3n) is 10.3. The Balaban J connectivity index is 1.46. The van der Waals surface area contributed by atoms with Gasteiger partial charge in [-0.05, 0) is 82.0 Å². The quantitative estimate of drug-likeness (QED) is 0.245. The molecule has 0 spiro atoms. The lowest BCUT2D eigenvalue weighted by molar-refractivity contribution is 0.200. The van der Waals surface area contributed by atoms with Crippen molar-refractivity contribution >= 4 is 34.9 Å². The Labute approximate surface area is 237 Å². The van der Waals surface area contributed by atoms with Crippen LogP contribution in [0.5, 0.6) is 0 Å². The summed E-state index contributed by atoms with van der Waals surface area (Å²) in [5.41, 5.74) is 1.46. The van der Waals surface area contributed by atoms with Crippen LogP contribution in [-0.4, -0.2) is 55.2 Å². The van der Waals surface area contributed by atoms with Crippen LogP contribution in [0.2, 0.25) is 0 Å². The lowest BCUT2D eigenvalue weighted by Crippen LogP contribution is -2.48. The largest absolute Gasteiger partial charge is 0.465 e. The van der Waals surface area contributed by atoms with E-state index in [1.165, 1.54) is 83.5 Å². The molecule has 0 aromatic carbocycles. The van der Waals surface area contributed by atoms with E-state index in [0.717, 1.165) is 36.4 Å². The summed E-state index contributed by atoms with van der Waals surface area (Å²) >= 11 is 0. The fourth-order valence-electron chi connectivity index (χ4n) is 7.71. The molecule has 4 aliphatic rings. The lowest BCUT2D eigenvalue weighted by Gasteiger charge is -2.45. The van der Waals surface area contributed by atoms with Crippen molar-refractivity contribution in [2.75, 3.05) is 16.8 Å². The maximum absolute atomic E-state index is 11.3. The maximum atomic E-state index is 11.3. The number of rotatable bonds is 7. The van der Waals surface area contributed by atoms with E-state index in [-0.39, 0.29) is 17.7 Å². The van der Waals surface area contributed by atoms with Crippen LogP contribution in [0.25, 0.3) is 11.2 Å². The molecule has 0 unspecified atom stereocenters. The van der Waals surface area contributed by atoms with Gasteiger partial charge in [0.2, 0.25) is 5.95 Å². The van der Waals surface area contributed by atoms with Gasteiger partial charge in [-0.25, -0.2) is 14.8 Å². The molecule has 2 aromatic heterocycles. The molecule has 0 bridgehead atoms. The maximum Gasteiger partial charge on any atom is 0.410 e. The summed E-state index contributed by atoms with van der Waals surface area (Å²) in [5.74, 6) is 4.10. The van der Waals surface area contributed by atoms with Gasteiger partial charge >= 0.3 is 6.09 Å². The Morgan fingerprint density at radius 2 is 1.75 bits per heavy atom. The first kappa shape index (κ1) is 27.3. The van der Waals surface area contributed by atoms with Crippen LogP contribution in [-0.2, 0) is 6.54 Å². The Hall–Kier alpha value is -2.91. The van der Waals surface area contributed by atoms with Gasteiger partial charge in [-0.3, -0.25) is 10.7 Å². The Bertz CT molecular complexity index is 1230. The monoisotopic (exact) mass is 550 g/mol. The molecule has 218 valence electrons. The number of nitrogens with one attached hydrogen (secondary N) is 3. The number of carboxylic acid groups (broad SMARTS) is 1. The van der Waals surface area contributed by atoms with Gasteiger partial charge in [0, 0.05) is 25.2 Å². The van der Waals surface area contributed by atoms with Gasteiger partial charge in [0.15, 0.2) is 23.1 Å². The molecule has 0 radical (unpaired) electrons. The van der Waals surface area contributed by atoms with E-state index in [1.54, 1.807) is 0 Å². The molecule has 40 heavy (non-hydrogen) atoms. The van der Waals surface area contributed by atoms with Crippen LogP contribution in [0.4, 0.5) is 16.6 Å². The highest BCUT2D eigenvalue weighted by Gasteiger charge is 2.37. The highest BCUT2D eigenvalue weighted by Crippen LogP contribution is 2.41. The van der Waals surface area contributed by atoms with Gasteiger partial charge in [0.05, 0.1) is 0 Å². The summed E-state index contributed by atoms with van der Waals surface area (Å²) in [6, 6.07) is 0.732. The van der Waals surface area contributed by atoms with E-state index in [4.69, 9.17) is 20.4 Å². The molecule has 10 nitrogen and oxygen atoms in total. The first-order valence-corrected chi connectivity index (χ1v) is 15.8. The molecule has 2 aromatic rings. The molecular formula is C30H46N8O2. The van der Waals surface area contributed by atoms with Crippen LogP contribution < -0.4 is 15.5 Å². The second-order valence-corrected chi connectivity index (χ2v) is 13.1. The molecule has 1 saturated heterocycles. The molecule has 3 saturated carbocycles. The molecule has 6 rings (SSSR count). The fourth-order valence-corrected chi connectivity index (χ4v) is 7.71. The van der Waals surface area contributed by atoms with E-state index in [9.17, 15) is 9.90 Å². The average molecular weight is 551 g/mol. The van der Waals surface area contributed by atoms with Crippen LogP contribution in [0, 0.1) is 29.1 Å². The highest BCUT2D eigenvalue weighted by atomic mass is 16.4. The number of fused-ring (bicyclic) bond motifs is 2. The number of hydrogen-bond acceptors (Lipinski definition) is 7. The number of amides is 1. The molecule has 3 heterocycles. The number of hydrogen-bond donors (Lipinski definition) is 4. The molecular weight excluding hydrogens is 504 g/mol. The molecule has 3 atom stereocenters. The van der Waals surface area contributed by atoms with Crippen LogP contribution in [0.15, 0.2) is 0 Å². The summed E-state index contributed by atoms with van der Waals surface area (Å²) in [5, 5.41) is 23.5. The van der Waals surface area contributed by atoms with E-state index in [2.05, 4.69) is 33.9 Å². The number of imidazole rings is 1. The SMILES string of the molecule is C[C@@H](Nc1nc(C(=N)NC(=O)O)nc2nc(N3CCC[C@H]4CCCC[C@@H]43)n(C[C@H]3CC[C@H](C)CC3)c12)C1CCC1. The van der Waals surface area contributed by atoms with E-state index in [0.29, 0.717) is 29.3 Å². The minimum atomic E-state index is -1.29. The van der Waals surface area contributed by atoms with Crippen molar-refractivity contribution in [3.8, 4) is 0 Å². The molecule has 1 aliphatic heterocycles. The van der Waals surface area contributed by atoms with Crippen molar-refractivity contribution in [3.63, 3.8) is 0 Å². The fraction of sp³-hybridized carbons (Fsp3) is 0.767. The number of anilines is 2. The van der Waals surface area contributed by atoms with Crippen LogP contribution >= 0.6 is 0 Å². The zero-order chi connectivity index (χ0) is 27.8. The molecule has 4 fully saturated rings. The molecule has 1 amide bonds. The highest BCUT2D eigenvalue weighted by molar-refractivity contribution is 6.03. The first-order valence-electron chi connectivity index (χ1n) is 15.8. The van der Waals surface area contributed by atoms with Gasteiger partial charge in [-0.1, -0.05) is 39.0 Å². The van der Waals surface area contributed by atoms with Crippen molar-refractivity contribution in [2.24, 2.45) is 23.7 Å². The number of amidine groups is 1. The Kier molecular flexibility index (Phi) is 7.86. The molecule has 10 heteroatoms. The Morgan fingerprint density at radius 1 is 1.00 bits per heavy atom. The summed E-state index contributed by atoms with van der Waals surface area (Å²) in [6.07, 6.45) is 14.9. The van der Waals surface area contributed by atoms with E-state index in [1.807, 2.05) is 0 Å². The topological polar surface area (TPSA) is 132 Å². The Morgan fingerprint density at radius 3 is 2.48 bits per heavy atom. The zero-order valence-corrected chi connectivity index (χ0v) is 24.2. The second kappa shape index (κ2) is 11.5. The first-order chi connectivity index (χ1) is 19.4. The van der Waals surface area contributed by atoms with Crippen molar-refractivity contribution in [1.82, 2.24) is 24.8 Å². The van der Waals surface area contributed by atoms with Crippen molar-refractivity contribution < 1.29 is 9.90 Å². The summed E-state index contributed by atoms with van der Waals surface area (Å²) < 4.78 is 2.40. The third-order valence-corrected chi connectivity index (χ3v) is 10.3. The van der Waals surface area contributed by atoms with Gasteiger partial charge in [-0.15, -0.1) is 0 Å². The minimum absolute atomic E-state index is 0.0649. The second-order valence-electron chi connectivity index (χ2n) is 13.1. The van der Waals surface area contributed by atoms with Crippen molar-refractivity contribution in [1.29, 1.82) is 5.41 Å². The van der Waals surface area contributed by atoms with Gasteiger partial charge in [0.1, 0.15) is 5.52 Å². The predicted molar refractivity (Wildman–Crippen MR) is 157 cm³/mol. The number of nitrogens with zero attached hydrogens (tertiary/aromatic N) is 5. The van der Waals surface area contributed by atoms with Crippen LogP contribution in [0.1, 0.15) is 103 Å². The van der Waals surface area contributed by atoms with E-state index < -0.39 is 6.09 Å². The molecule has 4 N–H and O–H groups in total. The normalized spacial score (nSPS) is 28.0. The van der Waals surface area contributed by atoms with Gasteiger partial charge < -0.3 is 19.9 Å². The van der Waals surface area contributed by atoms with Crippen molar-refractivity contribution in [3.05, 3.63) is 5.82 Å². The van der Waals surface area contributed by atoms with E-state index >= 15 is 0 Å². The summed E-state index contributed by atoms with van der Waals surface area (Å²) in [6.45, 7) is 6.47. The summed E-state index contributed by atoms with van der Waals surface area (Å²) in [4.78, 5) is 28.6. The number of piperidine rings is 1. The van der Waals surface area contributed by atoms with Gasteiger partial charge in [-0.2, -0.15) is 4.98 Å². The van der Waals surface area contributed by atoms with Crippen molar-refractivity contribution in [2.45, 2.75) is 116 Å². The zero-order valence-electron chi connectivity index (χ0n) is 24.2.